The molecule has 1 aliphatic rings. The van der Waals surface area contributed by atoms with Gasteiger partial charge in [-0.3, -0.25) is 14.7 Å². The van der Waals surface area contributed by atoms with E-state index in [9.17, 15) is 9.90 Å². The Hall–Kier alpha value is -2.57. The van der Waals surface area contributed by atoms with E-state index in [2.05, 4.69) is 16.9 Å². The van der Waals surface area contributed by atoms with Crippen molar-refractivity contribution in [2.45, 2.75) is 19.5 Å². The van der Waals surface area contributed by atoms with E-state index in [4.69, 9.17) is 16.3 Å². The van der Waals surface area contributed by atoms with E-state index in [1.165, 1.54) is 0 Å². The molecule has 3 rings (SSSR count). The van der Waals surface area contributed by atoms with Crippen molar-refractivity contribution in [1.82, 2.24) is 15.2 Å². The molecule has 1 unspecified atom stereocenters. The fourth-order valence-electron chi connectivity index (χ4n) is 3.03. The van der Waals surface area contributed by atoms with E-state index >= 15 is 0 Å². The van der Waals surface area contributed by atoms with Crippen molar-refractivity contribution in [3.8, 4) is 22.8 Å². The molecule has 0 fully saturated rings. The highest BCUT2D eigenvalue weighted by atomic mass is 35.5. The molecule has 27 heavy (non-hydrogen) atoms. The Bertz CT molecular complexity index is 839. The van der Waals surface area contributed by atoms with Crippen molar-refractivity contribution in [2.75, 3.05) is 19.7 Å². The molecule has 2 heterocycles. The minimum Gasteiger partial charge on any atom is -0.504 e. The standard InChI is InChI=1S/C20H22ClN3O3/c1-3-6-22-20(26)13(2)24-7-8-27-19-15(12-24)9-14(10-18(19)25)17-5-4-16(21)11-23-17/h3-5,9-11,13,25H,1,6-8,12H2,2H3,(H,22,26). The molecule has 1 aliphatic heterocycles. The molecular formula is C20H22ClN3O3. The van der Waals surface area contributed by atoms with Crippen LogP contribution in [0.15, 0.2) is 43.1 Å². The van der Waals surface area contributed by atoms with Crippen LogP contribution >= 0.6 is 11.6 Å². The average Bonchev–Trinajstić information content (AvgIpc) is 2.89. The van der Waals surface area contributed by atoms with E-state index in [1.807, 2.05) is 17.9 Å². The van der Waals surface area contributed by atoms with Crippen molar-refractivity contribution >= 4 is 17.5 Å². The zero-order chi connectivity index (χ0) is 19.4. The van der Waals surface area contributed by atoms with Crippen molar-refractivity contribution in [3.63, 3.8) is 0 Å². The zero-order valence-electron chi connectivity index (χ0n) is 15.1. The molecular weight excluding hydrogens is 366 g/mol. The van der Waals surface area contributed by atoms with Crippen LogP contribution in [-0.4, -0.2) is 46.6 Å². The van der Waals surface area contributed by atoms with Gasteiger partial charge in [-0.2, -0.15) is 0 Å². The Labute approximate surface area is 163 Å². The fourth-order valence-corrected chi connectivity index (χ4v) is 3.14. The molecule has 0 saturated heterocycles. The summed E-state index contributed by atoms with van der Waals surface area (Å²) in [5.41, 5.74) is 2.27. The van der Waals surface area contributed by atoms with Gasteiger partial charge in [0.15, 0.2) is 11.5 Å². The van der Waals surface area contributed by atoms with Gasteiger partial charge in [-0.15, -0.1) is 6.58 Å². The second-order valence-corrected chi connectivity index (χ2v) is 6.81. The van der Waals surface area contributed by atoms with Gasteiger partial charge in [0, 0.05) is 37.0 Å². The molecule has 0 aliphatic carbocycles. The molecule has 1 atom stereocenters. The summed E-state index contributed by atoms with van der Waals surface area (Å²) >= 11 is 5.90. The summed E-state index contributed by atoms with van der Waals surface area (Å²) in [5.74, 6) is 0.442. The second kappa shape index (κ2) is 8.41. The Morgan fingerprint density at radius 1 is 1.52 bits per heavy atom. The molecule has 6 nitrogen and oxygen atoms in total. The number of hydrogen-bond donors (Lipinski definition) is 2. The van der Waals surface area contributed by atoms with Crippen LogP contribution in [-0.2, 0) is 11.3 Å². The molecule has 142 valence electrons. The van der Waals surface area contributed by atoms with Crippen molar-refractivity contribution in [3.05, 3.63) is 53.7 Å². The number of hydrogen-bond acceptors (Lipinski definition) is 5. The van der Waals surface area contributed by atoms with Crippen LogP contribution in [0.5, 0.6) is 11.5 Å². The number of pyridine rings is 1. The predicted octanol–water partition coefficient (Wildman–Crippen LogP) is 2.99. The van der Waals surface area contributed by atoms with E-state index in [0.29, 0.717) is 42.7 Å². The first kappa shape index (κ1) is 19.2. The highest BCUT2D eigenvalue weighted by Gasteiger charge is 2.26. The third kappa shape index (κ3) is 4.40. The smallest absolute Gasteiger partial charge is 0.237 e. The molecule has 1 amide bonds. The maximum Gasteiger partial charge on any atom is 0.237 e. The summed E-state index contributed by atoms with van der Waals surface area (Å²) in [6, 6.07) is 6.77. The highest BCUT2D eigenvalue weighted by Crippen LogP contribution is 2.37. The van der Waals surface area contributed by atoms with Gasteiger partial charge in [-0.25, -0.2) is 0 Å². The van der Waals surface area contributed by atoms with Crippen LogP contribution in [0.2, 0.25) is 5.02 Å². The van der Waals surface area contributed by atoms with Gasteiger partial charge in [-0.1, -0.05) is 17.7 Å². The third-order valence-corrected chi connectivity index (χ3v) is 4.74. The Kier molecular flexibility index (Phi) is 5.98. The number of nitrogens with zero attached hydrogens (tertiary/aromatic N) is 2. The number of nitrogens with one attached hydrogen (secondary N) is 1. The van der Waals surface area contributed by atoms with Crippen LogP contribution in [0, 0.1) is 0 Å². The Morgan fingerprint density at radius 3 is 3.04 bits per heavy atom. The Balaban J connectivity index is 1.88. The lowest BCUT2D eigenvalue weighted by atomic mass is 10.0. The van der Waals surface area contributed by atoms with E-state index in [0.717, 1.165) is 11.1 Å². The predicted molar refractivity (Wildman–Crippen MR) is 105 cm³/mol. The number of benzene rings is 1. The largest absolute Gasteiger partial charge is 0.504 e. The van der Waals surface area contributed by atoms with Crippen LogP contribution < -0.4 is 10.1 Å². The first-order valence-electron chi connectivity index (χ1n) is 8.73. The third-order valence-electron chi connectivity index (χ3n) is 4.52. The van der Waals surface area contributed by atoms with Gasteiger partial charge in [0.1, 0.15) is 6.61 Å². The van der Waals surface area contributed by atoms with Gasteiger partial charge in [0.25, 0.3) is 0 Å². The van der Waals surface area contributed by atoms with Gasteiger partial charge < -0.3 is 15.2 Å². The second-order valence-electron chi connectivity index (χ2n) is 6.37. The number of ether oxygens (including phenoxy) is 1. The van der Waals surface area contributed by atoms with Crippen LogP contribution in [0.1, 0.15) is 12.5 Å². The lowest BCUT2D eigenvalue weighted by molar-refractivity contribution is -0.125. The number of phenolic OH excluding ortho intramolecular Hbond substituents is 1. The number of aromatic nitrogens is 1. The summed E-state index contributed by atoms with van der Waals surface area (Å²) in [5, 5.41) is 13.8. The lowest BCUT2D eigenvalue weighted by Crippen LogP contribution is -2.45. The number of fused-ring (bicyclic) bond motifs is 1. The van der Waals surface area contributed by atoms with Gasteiger partial charge in [0.05, 0.1) is 16.8 Å². The summed E-state index contributed by atoms with van der Waals surface area (Å²) in [6.07, 6.45) is 3.21. The SMILES string of the molecule is C=CCNC(=O)C(C)N1CCOc2c(O)cc(-c3ccc(Cl)cn3)cc2C1. The molecule has 0 radical (unpaired) electrons. The molecule has 0 saturated carbocycles. The van der Waals surface area contributed by atoms with E-state index in [1.54, 1.807) is 30.5 Å². The fraction of sp³-hybridized carbons (Fsp3) is 0.300. The van der Waals surface area contributed by atoms with Crippen LogP contribution in [0.25, 0.3) is 11.3 Å². The summed E-state index contributed by atoms with van der Waals surface area (Å²) in [6.45, 7) is 7.34. The maximum absolute atomic E-state index is 12.3. The number of phenols is 1. The van der Waals surface area contributed by atoms with E-state index in [-0.39, 0.29) is 17.7 Å². The molecule has 1 aromatic heterocycles. The lowest BCUT2D eigenvalue weighted by Gasteiger charge is -2.26. The number of rotatable bonds is 5. The van der Waals surface area contributed by atoms with Gasteiger partial charge in [-0.05, 0) is 31.2 Å². The van der Waals surface area contributed by atoms with Crippen LogP contribution in [0.4, 0.5) is 0 Å². The number of carbonyl (C=O) groups is 1. The van der Waals surface area contributed by atoms with Gasteiger partial charge >= 0.3 is 0 Å². The molecule has 2 aromatic rings. The highest BCUT2D eigenvalue weighted by molar-refractivity contribution is 6.30. The van der Waals surface area contributed by atoms with Crippen molar-refractivity contribution in [2.24, 2.45) is 0 Å². The first-order chi connectivity index (χ1) is 13.0. The van der Waals surface area contributed by atoms with Crippen molar-refractivity contribution in [1.29, 1.82) is 0 Å². The molecule has 1 aromatic carbocycles. The Morgan fingerprint density at radius 2 is 2.33 bits per heavy atom. The minimum atomic E-state index is -0.334. The number of halogens is 1. The molecule has 7 heteroatoms. The van der Waals surface area contributed by atoms with Crippen LogP contribution in [0.3, 0.4) is 0 Å². The topological polar surface area (TPSA) is 74.7 Å². The average molecular weight is 388 g/mol. The normalized spacial score (nSPS) is 15.2. The zero-order valence-corrected chi connectivity index (χ0v) is 15.9. The van der Waals surface area contributed by atoms with Gasteiger partial charge in [0.2, 0.25) is 5.91 Å². The first-order valence-corrected chi connectivity index (χ1v) is 9.10. The van der Waals surface area contributed by atoms with E-state index < -0.39 is 0 Å². The molecule has 0 bridgehead atoms. The monoisotopic (exact) mass is 387 g/mol. The number of carbonyl (C=O) groups excluding carboxylic acids is 1. The summed E-state index contributed by atoms with van der Waals surface area (Å²) < 4.78 is 5.75. The molecule has 2 N–H and O–H groups in total. The molecule has 0 spiro atoms. The maximum atomic E-state index is 12.3. The van der Waals surface area contributed by atoms with Crippen molar-refractivity contribution < 1.29 is 14.6 Å². The summed E-state index contributed by atoms with van der Waals surface area (Å²) in [4.78, 5) is 18.6. The summed E-state index contributed by atoms with van der Waals surface area (Å²) in [7, 11) is 0. The minimum absolute atomic E-state index is 0.0601. The number of amides is 1. The quantitative estimate of drug-likeness (QED) is 0.771. The number of aromatic hydroxyl groups is 1.